The zero-order valence-corrected chi connectivity index (χ0v) is 12.6. The molecule has 0 aliphatic rings. The van der Waals surface area contributed by atoms with E-state index in [1.54, 1.807) is 0 Å². The van der Waals surface area contributed by atoms with Crippen molar-refractivity contribution in [1.29, 1.82) is 0 Å². The van der Waals surface area contributed by atoms with Gasteiger partial charge in [0.2, 0.25) is 0 Å². The first-order valence-corrected chi connectivity index (χ1v) is 7.26. The van der Waals surface area contributed by atoms with Crippen LogP contribution in [-0.4, -0.2) is 24.7 Å². The Balaban J connectivity index is 2.21. The Hall–Kier alpha value is -1.88. The van der Waals surface area contributed by atoms with Gasteiger partial charge in [-0.25, -0.2) is 9.78 Å². The molecule has 2 aromatic rings. The summed E-state index contributed by atoms with van der Waals surface area (Å²) >= 11 is 1.34. The highest BCUT2D eigenvalue weighted by Gasteiger charge is 2.16. The van der Waals surface area contributed by atoms with E-state index in [0.29, 0.717) is 17.2 Å². The van der Waals surface area contributed by atoms with Crippen molar-refractivity contribution in [3.05, 3.63) is 34.8 Å². The predicted molar refractivity (Wildman–Crippen MR) is 79.4 cm³/mol. The Morgan fingerprint density at radius 1 is 1.30 bits per heavy atom. The van der Waals surface area contributed by atoms with E-state index < -0.39 is 0 Å². The molecule has 5 heteroatoms. The van der Waals surface area contributed by atoms with Crippen LogP contribution < -0.4 is 4.74 Å². The summed E-state index contributed by atoms with van der Waals surface area (Å²) in [4.78, 5) is 16.5. The molecule has 0 aliphatic carbocycles. The monoisotopic (exact) mass is 291 g/mol. The first-order valence-electron chi connectivity index (χ1n) is 6.44. The van der Waals surface area contributed by atoms with Crippen molar-refractivity contribution in [2.45, 2.75) is 20.3 Å². The van der Waals surface area contributed by atoms with Crippen molar-refractivity contribution in [2.75, 3.05) is 13.7 Å². The molecule has 0 bridgehead atoms. The average molecular weight is 291 g/mol. The minimum atomic E-state index is -0.339. The van der Waals surface area contributed by atoms with E-state index >= 15 is 0 Å². The zero-order chi connectivity index (χ0) is 14.5. The minimum Gasteiger partial charge on any atom is -0.494 e. The first kappa shape index (κ1) is 14.5. The SMILES string of the molecule is CCCOc1ccc(-c2nc(C)c(C(=O)OC)s2)cc1. The smallest absolute Gasteiger partial charge is 0.349 e. The molecule has 0 unspecified atom stereocenters. The molecule has 2 rings (SSSR count). The summed E-state index contributed by atoms with van der Waals surface area (Å²) in [6.45, 7) is 4.59. The largest absolute Gasteiger partial charge is 0.494 e. The molecular weight excluding hydrogens is 274 g/mol. The highest BCUT2D eigenvalue weighted by molar-refractivity contribution is 7.17. The zero-order valence-electron chi connectivity index (χ0n) is 11.8. The lowest BCUT2D eigenvalue weighted by Crippen LogP contribution is -1.99. The number of rotatable bonds is 5. The summed E-state index contributed by atoms with van der Waals surface area (Å²) in [5.74, 6) is 0.506. The summed E-state index contributed by atoms with van der Waals surface area (Å²) in [7, 11) is 1.38. The maximum absolute atomic E-state index is 11.6. The maximum atomic E-state index is 11.6. The number of carbonyl (C=O) groups is 1. The third kappa shape index (κ3) is 3.17. The topological polar surface area (TPSA) is 48.4 Å². The van der Waals surface area contributed by atoms with E-state index in [4.69, 9.17) is 9.47 Å². The van der Waals surface area contributed by atoms with E-state index in [9.17, 15) is 4.79 Å². The fourth-order valence-corrected chi connectivity index (χ4v) is 2.71. The lowest BCUT2D eigenvalue weighted by Gasteiger charge is -2.04. The molecule has 1 heterocycles. The second-order valence-electron chi connectivity index (χ2n) is 4.30. The van der Waals surface area contributed by atoms with Crippen molar-refractivity contribution in [2.24, 2.45) is 0 Å². The van der Waals surface area contributed by atoms with Gasteiger partial charge in [-0.05, 0) is 37.6 Å². The van der Waals surface area contributed by atoms with Gasteiger partial charge >= 0.3 is 5.97 Å². The van der Waals surface area contributed by atoms with Crippen LogP contribution in [0, 0.1) is 6.92 Å². The Morgan fingerprint density at radius 3 is 2.60 bits per heavy atom. The van der Waals surface area contributed by atoms with Crippen molar-refractivity contribution in [3.63, 3.8) is 0 Å². The first-order chi connectivity index (χ1) is 9.65. The Kier molecular flexibility index (Phi) is 4.74. The van der Waals surface area contributed by atoms with Gasteiger partial charge in [-0.1, -0.05) is 6.92 Å². The predicted octanol–water partition coefficient (Wildman–Crippen LogP) is 3.69. The summed E-state index contributed by atoms with van der Waals surface area (Å²) < 4.78 is 10.3. The highest BCUT2D eigenvalue weighted by atomic mass is 32.1. The van der Waals surface area contributed by atoms with Crippen molar-refractivity contribution in [3.8, 4) is 16.3 Å². The van der Waals surface area contributed by atoms with Gasteiger partial charge in [0.15, 0.2) is 0 Å². The molecule has 0 radical (unpaired) electrons. The minimum absolute atomic E-state index is 0.339. The summed E-state index contributed by atoms with van der Waals surface area (Å²) in [6.07, 6.45) is 0.982. The van der Waals surface area contributed by atoms with E-state index in [1.807, 2.05) is 31.2 Å². The van der Waals surface area contributed by atoms with Gasteiger partial charge in [-0.2, -0.15) is 0 Å². The number of aromatic nitrogens is 1. The maximum Gasteiger partial charge on any atom is 0.349 e. The molecule has 20 heavy (non-hydrogen) atoms. The number of esters is 1. The molecule has 0 saturated heterocycles. The molecule has 0 spiro atoms. The number of nitrogens with zero attached hydrogens (tertiary/aromatic N) is 1. The number of benzene rings is 1. The number of methoxy groups -OCH3 is 1. The average Bonchev–Trinajstić information content (AvgIpc) is 2.87. The van der Waals surface area contributed by atoms with Crippen molar-refractivity contribution in [1.82, 2.24) is 4.98 Å². The van der Waals surface area contributed by atoms with Gasteiger partial charge < -0.3 is 9.47 Å². The van der Waals surface area contributed by atoms with E-state index in [1.165, 1.54) is 18.4 Å². The van der Waals surface area contributed by atoms with Gasteiger partial charge in [0, 0.05) is 5.56 Å². The third-order valence-corrected chi connectivity index (χ3v) is 3.93. The van der Waals surface area contributed by atoms with Crippen LogP contribution in [0.25, 0.3) is 10.6 Å². The van der Waals surface area contributed by atoms with E-state index in [0.717, 1.165) is 22.7 Å². The van der Waals surface area contributed by atoms with Gasteiger partial charge in [-0.15, -0.1) is 11.3 Å². The fraction of sp³-hybridized carbons (Fsp3) is 0.333. The van der Waals surface area contributed by atoms with Crippen LogP contribution in [0.5, 0.6) is 5.75 Å². The van der Waals surface area contributed by atoms with Crippen LogP contribution in [0.2, 0.25) is 0 Å². The number of ether oxygens (including phenoxy) is 2. The van der Waals surface area contributed by atoms with Gasteiger partial charge in [0.25, 0.3) is 0 Å². The molecule has 0 saturated carbocycles. The lowest BCUT2D eigenvalue weighted by molar-refractivity contribution is 0.0605. The molecular formula is C15H17NO3S. The summed E-state index contributed by atoms with van der Waals surface area (Å²) in [5.41, 5.74) is 1.67. The number of hydrogen-bond donors (Lipinski definition) is 0. The van der Waals surface area contributed by atoms with Gasteiger partial charge in [0.1, 0.15) is 15.6 Å². The molecule has 0 aliphatic heterocycles. The van der Waals surface area contributed by atoms with Crippen LogP contribution in [-0.2, 0) is 4.74 Å². The quantitative estimate of drug-likeness (QED) is 0.788. The summed E-state index contributed by atoms with van der Waals surface area (Å²) in [5, 5.41) is 0.810. The van der Waals surface area contributed by atoms with Gasteiger partial charge in [0.05, 0.1) is 19.4 Å². The number of aryl methyl sites for hydroxylation is 1. The van der Waals surface area contributed by atoms with Crippen LogP contribution in [0.15, 0.2) is 24.3 Å². The molecule has 1 aromatic carbocycles. The normalized spacial score (nSPS) is 10.3. The standard InChI is InChI=1S/C15H17NO3S/c1-4-9-19-12-7-5-11(6-8-12)14-16-10(2)13(20-14)15(17)18-3/h5-8H,4,9H2,1-3H3. The third-order valence-electron chi connectivity index (χ3n) is 2.74. The Morgan fingerprint density at radius 2 is 2.00 bits per heavy atom. The van der Waals surface area contributed by atoms with E-state index in [-0.39, 0.29) is 5.97 Å². The highest BCUT2D eigenvalue weighted by Crippen LogP contribution is 2.29. The molecule has 1 aromatic heterocycles. The Bertz CT molecular complexity index is 590. The summed E-state index contributed by atoms with van der Waals surface area (Å²) in [6, 6.07) is 7.73. The molecule has 0 atom stereocenters. The molecule has 0 fully saturated rings. The second-order valence-corrected chi connectivity index (χ2v) is 5.30. The molecule has 4 nitrogen and oxygen atoms in total. The van der Waals surface area contributed by atoms with Gasteiger partial charge in [-0.3, -0.25) is 0 Å². The molecule has 106 valence electrons. The van der Waals surface area contributed by atoms with E-state index in [2.05, 4.69) is 11.9 Å². The van der Waals surface area contributed by atoms with Crippen LogP contribution in [0.3, 0.4) is 0 Å². The number of carbonyl (C=O) groups excluding carboxylic acids is 1. The van der Waals surface area contributed by atoms with Crippen molar-refractivity contribution < 1.29 is 14.3 Å². The van der Waals surface area contributed by atoms with Crippen LogP contribution in [0.1, 0.15) is 28.7 Å². The van der Waals surface area contributed by atoms with Crippen molar-refractivity contribution >= 4 is 17.3 Å². The number of thiazole rings is 1. The number of hydrogen-bond acceptors (Lipinski definition) is 5. The van der Waals surface area contributed by atoms with Crippen LogP contribution in [0.4, 0.5) is 0 Å². The molecule has 0 N–H and O–H groups in total. The fourth-order valence-electron chi connectivity index (χ4n) is 1.72. The second kappa shape index (κ2) is 6.52. The van der Waals surface area contributed by atoms with Crippen LogP contribution >= 0.6 is 11.3 Å². The molecule has 0 amide bonds. The Labute approximate surface area is 122 Å². The lowest BCUT2D eigenvalue weighted by atomic mass is 10.2.